The van der Waals surface area contributed by atoms with Gasteiger partial charge in [0.05, 0.1) is 5.92 Å². The van der Waals surface area contributed by atoms with Crippen molar-refractivity contribution in [1.82, 2.24) is 14.7 Å². The van der Waals surface area contributed by atoms with Gasteiger partial charge in [-0.15, -0.1) is 0 Å². The van der Waals surface area contributed by atoms with E-state index in [2.05, 4.69) is 5.32 Å². The van der Waals surface area contributed by atoms with Crippen molar-refractivity contribution in [3.63, 3.8) is 0 Å². The third-order valence-corrected chi connectivity index (χ3v) is 5.66. The molecule has 0 radical (unpaired) electrons. The molecule has 1 unspecified atom stereocenters. The van der Waals surface area contributed by atoms with E-state index in [-0.39, 0.29) is 42.0 Å². The summed E-state index contributed by atoms with van der Waals surface area (Å²) in [6.07, 6.45) is 0.962. The van der Waals surface area contributed by atoms with E-state index in [1.165, 1.54) is 6.92 Å². The average Bonchev–Trinajstić information content (AvgIpc) is 2.93. The molecule has 0 spiro atoms. The number of anilines is 1. The minimum absolute atomic E-state index is 0.00783. The zero-order valence-corrected chi connectivity index (χ0v) is 17.9. The van der Waals surface area contributed by atoms with Gasteiger partial charge in [-0.1, -0.05) is 6.07 Å². The van der Waals surface area contributed by atoms with Gasteiger partial charge in [-0.3, -0.25) is 19.2 Å². The number of hydrogen-bond donors (Lipinski definition) is 1. The summed E-state index contributed by atoms with van der Waals surface area (Å²) in [6, 6.07) is 6.98. The molecule has 3 rings (SSSR count). The lowest BCUT2D eigenvalue weighted by Gasteiger charge is -2.25. The molecule has 1 N–H and O–H groups in total. The summed E-state index contributed by atoms with van der Waals surface area (Å²) in [4.78, 5) is 54.6. The Morgan fingerprint density at radius 2 is 1.77 bits per heavy atom. The fourth-order valence-electron chi connectivity index (χ4n) is 4.11. The fraction of sp³-hybridized carbons (Fsp3) is 0.545. The van der Waals surface area contributed by atoms with Crippen molar-refractivity contribution in [1.29, 1.82) is 0 Å². The normalized spacial score (nSPS) is 19.8. The van der Waals surface area contributed by atoms with E-state index < -0.39 is 0 Å². The number of nitrogens with one attached hydrogen (secondary N) is 1. The third-order valence-electron chi connectivity index (χ3n) is 5.66. The minimum atomic E-state index is -0.295. The van der Waals surface area contributed by atoms with E-state index in [9.17, 15) is 19.2 Å². The second-order valence-corrected chi connectivity index (χ2v) is 8.27. The van der Waals surface area contributed by atoms with Crippen LogP contribution in [0.3, 0.4) is 0 Å². The first kappa shape index (κ1) is 21.8. The summed E-state index contributed by atoms with van der Waals surface area (Å²) < 4.78 is 0. The van der Waals surface area contributed by atoms with Gasteiger partial charge in [-0.05, 0) is 38.5 Å². The molecule has 1 aromatic rings. The number of rotatable bonds is 4. The number of carbonyl (C=O) groups excluding carboxylic acids is 4. The molecule has 30 heavy (non-hydrogen) atoms. The number of amides is 4. The highest BCUT2D eigenvalue weighted by Gasteiger charge is 2.38. The van der Waals surface area contributed by atoms with Crippen LogP contribution in [0.2, 0.25) is 0 Å². The molecule has 2 heterocycles. The van der Waals surface area contributed by atoms with E-state index in [1.807, 2.05) is 13.8 Å². The third kappa shape index (κ3) is 4.98. The van der Waals surface area contributed by atoms with Gasteiger partial charge in [0.25, 0.3) is 5.91 Å². The van der Waals surface area contributed by atoms with Crippen LogP contribution in [0.5, 0.6) is 0 Å². The molecule has 1 aromatic carbocycles. The highest BCUT2D eigenvalue weighted by molar-refractivity contribution is 5.97. The van der Waals surface area contributed by atoms with E-state index >= 15 is 0 Å². The molecule has 1 atom stereocenters. The Balaban J connectivity index is 1.61. The zero-order valence-electron chi connectivity index (χ0n) is 17.9. The van der Waals surface area contributed by atoms with Gasteiger partial charge in [0.2, 0.25) is 17.7 Å². The molecule has 0 saturated carbocycles. The highest BCUT2D eigenvalue weighted by atomic mass is 16.2. The quantitative estimate of drug-likeness (QED) is 0.810. The Morgan fingerprint density at radius 3 is 2.43 bits per heavy atom. The first-order valence-corrected chi connectivity index (χ1v) is 10.5. The van der Waals surface area contributed by atoms with Gasteiger partial charge >= 0.3 is 0 Å². The fourth-order valence-corrected chi connectivity index (χ4v) is 4.11. The molecule has 2 aliphatic heterocycles. The number of benzene rings is 1. The molecule has 4 amide bonds. The monoisotopic (exact) mass is 414 g/mol. The van der Waals surface area contributed by atoms with Crippen molar-refractivity contribution in [2.24, 2.45) is 5.92 Å². The predicted octanol–water partition coefficient (Wildman–Crippen LogP) is 1.58. The van der Waals surface area contributed by atoms with Crippen LogP contribution in [0.4, 0.5) is 5.69 Å². The minimum Gasteiger partial charge on any atom is -0.341 e. The number of carbonyl (C=O) groups is 4. The zero-order chi connectivity index (χ0) is 21.8. The van der Waals surface area contributed by atoms with Crippen molar-refractivity contribution in [3.05, 3.63) is 29.8 Å². The van der Waals surface area contributed by atoms with Crippen LogP contribution >= 0.6 is 0 Å². The summed E-state index contributed by atoms with van der Waals surface area (Å²) >= 11 is 0. The molecule has 2 fully saturated rings. The molecule has 2 aliphatic rings. The standard InChI is InChI=1S/C22H30N4O4/c1-15(2)26-14-18(13-20(26)28)22(30)25-9-5-8-24(10-11-25)21(29)17-6-4-7-19(12-17)23-16(3)27/h4,6-7,12,15,18H,5,8-11,13-14H2,1-3H3,(H,23,27). The van der Waals surface area contributed by atoms with Crippen LogP contribution in [0.1, 0.15) is 44.0 Å². The lowest BCUT2D eigenvalue weighted by atomic mass is 10.1. The van der Waals surface area contributed by atoms with Crippen LogP contribution < -0.4 is 5.32 Å². The van der Waals surface area contributed by atoms with Gasteiger partial charge in [-0.2, -0.15) is 0 Å². The number of hydrogen-bond acceptors (Lipinski definition) is 4. The smallest absolute Gasteiger partial charge is 0.253 e. The SMILES string of the molecule is CC(=O)Nc1cccc(C(=O)N2CCCN(C(=O)C3CC(=O)N(C(C)C)C3)CC2)c1. The maximum atomic E-state index is 13.0. The van der Waals surface area contributed by atoms with Crippen molar-refractivity contribution in [2.45, 2.75) is 39.7 Å². The van der Waals surface area contributed by atoms with Gasteiger partial charge in [0.15, 0.2) is 0 Å². The van der Waals surface area contributed by atoms with Crippen LogP contribution in [0.15, 0.2) is 24.3 Å². The maximum Gasteiger partial charge on any atom is 0.253 e. The molecule has 0 aromatic heterocycles. The first-order valence-electron chi connectivity index (χ1n) is 10.5. The van der Waals surface area contributed by atoms with Crippen LogP contribution in [-0.4, -0.2) is 77.1 Å². The van der Waals surface area contributed by atoms with Crippen molar-refractivity contribution in [2.75, 3.05) is 38.0 Å². The van der Waals surface area contributed by atoms with Gasteiger partial charge < -0.3 is 20.0 Å². The second-order valence-electron chi connectivity index (χ2n) is 8.27. The molecular formula is C22H30N4O4. The highest BCUT2D eigenvalue weighted by Crippen LogP contribution is 2.23. The van der Waals surface area contributed by atoms with E-state index in [1.54, 1.807) is 39.0 Å². The summed E-state index contributed by atoms with van der Waals surface area (Å²) in [7, 11) is 0. The molecule has 162 valence electrons. The topological polar surface area (TPSA) is 90.0 Å². The van der Waals surface area contributed by atoms with Crippen molar-refractivity contribution in [3.8, 4) is 0 Å². The molecular weight excluding hydrogens is 384 g/mol. The lowest BCUT2D eigenvalue weighted by Crippen LogP contribution is -2.41. The van der Waals surface area contributed by atoms with Crippen LogP contribution in [0, 0.1) is 5.92 Å². The Hall–Kier alpha value is -2.90. The van der Waals surface area contributed by atoms with E-state index in [0.717, 1.165) is 0 Å². The van der Waals surface area contributed by atoms with Crippen molar-refractivity contribution < 1.29 is 19.2 Å². The maximum absolute atomic E-state index is 13.0. The summed E-state index contributed by atoms with van der Waals surface area (Å²) in [5.41, 5.74) is 1.09. The molecule has 0 bridgehead atoms. The average molecular weight is 415 g/mol. The Morgan fingerprint density at radius 1 is 1.07 bits per heavy atom. The summed E-state index contributed by atoms with van der Waals surface area (Å²) in [5.74, 6) is -0.553. The van der Waals surface area contributed by atoms with Crippen molar-refractivity contribution >= 4 is 29.3 Å². The Bertz CT molecular complexity index is 838. The van der Waals surface area contributed by atoms with Gasteiger partial charge in [0.1, 0.15) is 0 Å². The molecule has 2 saturated heterocycles. The summed E-state index contributed by atoms with van der Waals surface area (Å²) in [5, 5.41) is 2.69. The lowest BCUT2D eigenvalue weighted by molar-refractivity contribution is -0.135. The number of likely N-dealkylation sites (tertiary alicyclic amines) is 1. The predicted molar refractivity (Wildman–Crippen MR) is 113 cm³/mol. The molecule has 8 nitrogen and oxygen atoms in total. The molecule has 8 heteroatoms. The first-order chi connectivity index (χ1) is 14.3. The largest absolute Gasteiger partial charge is 0.341 e. The van der Waals surface area contributed by atoms with Crippen LogP contribution in [-0.2, 0) is 14.4 Å². The molecule has 0 aliphatic carbocycles. The van der Waals surface area contributed by atoms with Crippen LogP contribution in [0.25, 0.3) is 0 Å². The van der Waals surface area contributed by atoms with E-state index in [4.69, 9.17) is 0 Å². The Kier molecular flexibility index (Phi) is 6.74. The van der Waals surface area contributed by atoms with Gasteiger partial charge in [0, 0.05) is 63.4 Å². The van der Waals surface area contributed by atoms with E-state index in [0.29, 0.717) is 50.4 Å². The Labute approximate surface area is 177 Å². The van der Waals surface area contributed by atoms with Gasteiger partial charge in [-0.25, -0.2) is 0 Å². The number of nitrogens with zero attached hydrogens (tertiary/aromatic N) is 3. The second kappa shape index (κ2) is 9.28. The summed E-state index contributed by atoms with van der Waals surface area (Å²) in [6.45, 7) is 7.88.